The molecular weight excluding hydrogens is 276 g/mol. The average Bonchev–Trinajstić information content (AvgIpc) is 3.18. The molecule has 0 aliphatic carbocycles. The van der Waals surface area contributed by atoms with Gasteiger partial charge in [0.15, 0.2) is 5.65 Å². The highest BCUT2D eigenvalue weighted by Crippen LogP contribution is 2.24. The molecule has 2 fully saturated rings. The van der Waals surface area contributed by atoms with Crippen LogP contribution < -0.4 is 5.32 Å². The molecule has 5 nitrogen and oxygen atoms in total. The fourth-order valence-electron chi connectivity index (χ4n) is 3.68. The van der Waals surface area contributed by atoms with Gasteiger partial charge in [0.1, 0.15) is 11.3 Å². The molecule has 4 rings (SSSR count). The van der Waals surface area contributed by atoms with Crippen LogP contribution in [0.1, 0.15) is 25.1 Å². The van der Waals surface area contributed by atoms with E-state index in [-0.39, 0.29) is 0 Å². The van der Waals surface area contributed by atoms with Crippen molar-refractivity contribution >= 4 is 11.2 Å². The second-order valence-electron chi connectivity index (χ2n) is 6.61. The number of ether oxygens (including phenoxy) is 1. The predicted molar refractivity (Wildman–Crippen MR) is 85.8 cm³/mol. The predicted octanol–water partition coefficient (Wildman–Crippen LogP) is 2.01. The minimum atomic E-state index is 0.614. The SMILES string of the molecule is c1cnc2c(c1)nc(CC1CCOC1)n2CC1CCNCC1. The summed E-state index contributed by atoms with van der Waals surface area (Å²) >= 11 is 0. The third-order valence-corrected chi connectivity index (χ3v) is 4.98. The van der Waals surface area contributed by atoms with E-state index in [2.05, 4.69) is 20.9 Å². The highest BCUT2D eigenvalue weighted by molar-refractivity contribution is 5.71. The largest absolute Gasteiger partial charge is 0.381 e. The maximum absolute atomic E-state index is 5.53. The average molecular weight is 300 g/mol. The van der Waals surface area contributed by atoms with Gasteiger partial charge in [-0.3, -0.25) is 0 Å². The molecule has 0 spiro atoms. The summed E-state index contributed by atoms with van der Waals surface area (Å²) in [7, 11) is 0. The fourth-order valence-corrected chi connectivity index (χ4v) is 3.68. The summed E-state index contributed by atoms with van der Waals surface area (Å²) in [4.78, 5) is 9.47. The topological polar surface area (TPSA) is 52.0 Å². The van der Waals surface area contributed by atoms with E-state index in [0.29, 0.717) is 5.92 Å². The Balaban J connectivity index is 1.63. The first-order chi connectivity index (χ1) is 10.9. The fraction of sp³-hybridized carbons (Fsp3) is 0.647. The minimum Gasteiger partial charge on any atom is -0.381 e. The van der Waals surface area contributed by atoms with Crippen molar-refractivity contribution in [2.45, 2.75) is 32.2 Å². The van der Waals surface area contributed by atoms with Crippen molar-refractivity contribution in [1.29, 1.82) is 0 Å². The number of rotatable bonds is 4. The molecule has 5 heteroatoms. The standard InChI is InChI=1S/C17H24N4O/c1-2-15-17(19-6-1)21(11-13-3-7-18-8-4-13)16(20-15)10-14-5-9-22-12-14/h1-2,6,13-14,18H,3-5,7-12H2. The Labute approximate surface area is 131 Å². The molecule has 2 aromatic rings. The van der Waals surface area contributed by atoms with Crippen molar-refractivity contribution in [1.82, 2.24) is 19.9 Å². The monoisotopic (exact) mass is 300 g/mol. The Morgan fingerprint density at radius 2 is 2.14 bits per heavy atom. The molecule has 4 heterocycles. The van der Waals surface area contributed by atoms with Crippen LogP contribution in [0.25, 0.3) is 11.2 Å². The van der Waals surface area contributed by atoms with Gasteiger partial charge in [-0.1, -0.05) is 0 Å². The molecular formula is C17H24N4O. The van der Waals surface area contributed by atoms with Crippen molar-refractivity contribution in [2.75, 3.05) is 26.3 Å². The first kappa shape index (κ1) is 14.2. The molecule has 2 aromatic heterocycles. The molecule has 0 saturated carbocycles. The Hall–Kier alpha value is -1.46. The van der Waals surface area contributed by atoms with Crippen LogP contribution in [0.3, 0.4) is 0 Å². The van der Waals surface area contributed by atoms with Crippen molar-refractivity contribution < 1.29 is 4.74 Å². The maximum Gasteiger partial charge on any atom is 0.159 e. The molecule has 2 aliphatic heterocycles. The van der Waals surface area contributed by atoms with Crippen LogP contribution in [0.5, 0.6) is 0 Å². The first-order valence-electron chi connectivity index (χ1n) is 8.49. The number of imidazole rings is 1. The summed E-state index contributed by atoms with van der Waals surface area (Å²) in [6.45, 7) is 5.10. The van der Waals surface area contributed by atoms with Gasteiger partial charge in [-0.15, -0.1) is 0 Å². The van der Waals surface area contributed by atoms with Gasteiger partial charge in [-0.25, -0.2) is 9.97 Å². The van der Waals surface area contributed by atoms with Gasteiger partial charge in [0, 0.05) is 32.4 Å². The van der Waals surface area contributed by atoms with E-state index in [4.69, 9.17) is 9.72 Å². The molecule has 2 saturated heterocycles. The number of nitrogens with one attached hydrogen (secondary N) is 1. The second kappa shape index (κ2) is 6.34. The molecule has 1 unspecified atom stereocenters. The van der Waals surface area contributed by atoms with Crippen LogP contribution in [0.15, 0.2) is 18.3 Å². The van der Waals surface area contributed by atoms with Crippen LogP contribution in [0.4, 0.5) is 0 Å². The van der Waals surface area contributed by atoms with Gasteiger partial charge in [0.05, 0.1) is 0 Å². The first-order valence-corrected chi connectivity index (χ1v) is 8.49. The van der Waals surface area contributed by atoms with Crippen molar-refractivity contribution in [3.05, 3.63) is 24.2 Å². The zero-order valence-electron chi connectivity index (χ0n) is 13.0. The van der Waals surface area contributed by atoms with E-state index in [1.807, 2.05) is 12.3 Å². The number of nitrogens with zero attached hydrogens (tertiary/aromatic N) is 3. The van der Waals surface area contributed by atoms with Crippen LogP contribution in [0.2, 0.25) is 0 Å². The summed E-state index contributed by atoms with van der Waals surface area (Å²) in [6, 6.07) is 4.06. The number of pyridine rings is 1. The summed E-state index contributed by atoms with van der Waals surface area (Å²) in [5, 5.41) is 3.45. The Bertz CT molecular complexity index is 627. The lowest BCUT2D eigenvalue weighted by molar-refractivity contribution is 0.185. The Morgan fingerprint density at radius 1 is 1.23 bits per heavy atom. The third kappa shape index (κ3) is 2.88. The second-order valence-corrected chi connectivity index (χ2v) is 6.61. The highest BCUT2D eigenvalue weighted by atomic mass is 16.5. The lowest BCUT2D eigenvalue weighted by Gasteiger charge is -2.24. The third-order valence-electron chi connectivity index (χ3n) is 4.98. The minimum absolute atomic E-state index is 0.614. The Kier molecular flexibility index (Phi) is 4.08. The highest BCUT2D eigenvalue weighted by Gasteiger charge is 2.22. The lowest BCUT2D eigenvalue weighted by atomic mass is 9.98. The number of aromatic nitrogens is 3. The van der Waals surface area contributed by atoms with Gasteiger partial charge in [-0.2, -0.15) is 0 Å². The van der Waals surface area contributed by atoms with E-state index in [9.17, 15) is 0 Å². The van der Waals surface area contributed by atoms with Crippen LogP contribution >= 0.6 is 0 Å². The lowest BCUT2D eigenvalue weighted by Crippen LogP contribution is -2.30. The van der Waals surface area contributed by atoms with Gasteiger partial charge < -0.3 is 14.6 Å². The molecule has 1 atom stereocenters. The van der Waals surface area contributed by atoms with Gasteiger partial charge >= 0.3 is 0 Å². The number of hydrogen-bond acceptors (Lipinski definition) is 4. The quantitative estimate of drug-likeness (QED) is 0.938. The molecule has 2 aliphatic rings. The normalized spacial score (nSPS) is 23.4. The molecule has 0 bridgehead atoms. The van der Waals surface area contributed by atoms with Crippen molar-refractivity contribution in [3.63, 3.8) is 0 Å². The van der Waals surface area contributed by atoms with Gasteiger partial charge in [-0.05, 0) is 56.3 Å². The summed E-state index contributed by atoms with van der Waals surface area (Å²) in [5.41, 5.74) is 2.08. The number of piperidine rings is 1. The summed E-state index contributed by atoms with van der Waals surface area (Å²) < 4.78 is 7.91. The maximum atomic E-state index is 5.53. The summed E-state index contributed by atoms with van der Waals surface area (Å²) in [5.74, 6) is 2.55. The molecule has 1 N–H and O–H groups in total. The van der Waals surface area contributed by atoms with Crippen molar-refractivity contribution in [2.24, 2.45) is 11.8 Å². The number of hydrogen-bond donors (Lipinski definition) is 1. The van der Waals surface area contributed by atoms with Crippen molar-refractivity contribution in [3.8, 4) is 0 Å². The van der Waals surface area contributed by atoms with E-state index >= 15 is 0 Å². The molecule has 0 amide bonds. The molecule has 118 valence electrons. The van der Waals surface area contributed by atoms with E-state index in [1.54, 1.807) is 0 Å². The van der Waals surface area contributed by atoms with E-state index in [1.165, 1.54) is 18.7 Å². The van der Waals surface area contributed by atoms with E-state index < -0.39 is 0 Å². The molecule has 0 radical (unpaired) electrons. The van der Waals surface area contributed by atoms with E-state index in [0.717, 1.165) is 62.8 Å². The Morgan fingerprint density at radius 3 is 2.95 bits per heavy atom. The van der Waals surface area contributed by atoms with Crippen LogP contribution in [0, 0.1) is 11.8 Å². The zero-order valence-corrected chi connectivity index (χ0v) is 13.0. The summed E-state index contributed by atoms with van der Waals surface area (Å²) in [6.07, 6.45) is 6.55. The van der Waals surface area contributed by atoms with Gasteiger partial charge in [0.2, 0.25) is 0 Å². The smallest absolute Gasteiger partial charge is 0.159 e. The zero-order chi connectivity index (χ0) is 14.8. The van der Waals surface area contributed by atoms with Crippen LogP contribution in [-0.4, -0.2) is 40.8 Å². The molecule has 22 heavy (non-hydrogen) atoms. The van der Waals surface area contributed by atoms with Crippen LogP contribution in [-0.2, 0) is 17.7 Å². The molecule has 0 aromatic carbocycles. The number of fused-ring (bicyclic) bond motifs is 1. The van der Waals surface area contributed by atoms with Gasteiger partial charge in [0.25, 0.3) is 0 Å².